The zero-order chi connectivity index (χ0) is 37.5. The molecule has 51 heavy (non-hydrogen) atoms. The Morgan fingerprint density at radius 2 is 1.27 bits per heavy atom. The molecule has 1 aliphatic rings. The van der Waals surface area contributed by atoms with E-state index in [1.165, 1.54) is 50.7 Å². The highest BCUT2D eigenvalue weighted by Crippen LogP contribution is 2.38. The van der Waals surface area contributed by atoms with E-state index in [2.05, 4.69) is 6.92 Å². The number of carbonyl (C=O) groups is 5. The molecule has 1 fully saturated rings. The lowest BCUT2D eigenvalue weighted by Gasteiger charge is -2.44. The van der Waals surface area contributed by atoms with Crippen LogP contribution >= 0.6 is 0 Å². The fraction of sp³-hybridized carbons (Fsp3) is 0.611. The molecule has 0 spiro atoms. The van der Waals surface area contributed by atoms with Crippen molar-refractivity contribution in [3.8, 4) is 17.2 Å². The largest absolute Gasteiger partial charge is 0.493 e. The third kappa shape index (κ3) is 12.9. The molecular formula is C36H48O15. The number of benzene rings is 1. The minimum Gasteiger partial charge on any atom is -0.493 e. The first-order valence-corrected chi connectivity index (χ1v) is 17.2. The summed E-state index contributed by atoms with van der Waals surface area (Å²) in [6.45, 7) is 7.56. The molecular weight excluding hydrogens is 672 g/mol. The normalized spacial score (nSPS) is 19.8. The van der Waals surface area contributed by atoms with Crippen LogP contribution in [0.1, 0.15) is 99.3 Å². The Morgan fingerprint density at radius 3 is 1.86 bits per heavy atom. The molecule has 1 aliphatic heterocycles. The Bertz CT molecular complexity index is 1560. The number of unbranched alkanes of at least 4 members (excludes halogenated alkanes) is 8. The number of rotatable bonds is 19. The van der Waals surface area contributed by atoms with Gasteiger partial charge in [0.05, 0.1) is 12.0 Å². The van der Waals surface area contributed by atoms with Crippen LogP contribution in [0.25, 0.3) is 11.0 Å². The number of carbonyl (C=O) groups excluding carboxylic acids is 5. The highest BCUT2D eigenvalue weighted by Gasteiger charge is 2.53. The van der Waals surface area contributed by atoms with Crippen LogP contribution in [-0.2, 0) is 47.7 Å². The standard InChI is InChI=1S/C36H48O15/c1-7-8-9-10-11-12-13-14-15-18-43-26-16-17-27-28(19-26)49-35(42)33(47-24(5)40)30(27)51-36-34(48-25(6)41)32(46-23(4)39)31(45-22(3)38)29(50-36)20-44-21(2)37/h16-17,19,29,31-32,34,36H,7-15,18,20H2,1-6H3/t29-,31-,32+,34+,36-/m1/s1. The van der Waals surface area contributed by atoms with Gasteiger partial charge >= 0.3 is 35.5 Å². The van der Waals surface area contributed by atoms with Gasteiger partial charge in [0.2, 0.25) is 12.4 Å². The Labute approximate surface area is 296 Å². The third-order valence-corrected chi connectivity index (χ3v) is 7.74. The monoisotopic (exact) mass is 720 g/mol. The summed E-state index contributed by atoms with van der Waals surface area (Å²) >= 11 is 0. The summed E-state index contributed by atoms with van der Waals surface area (Å²) in [5.41, 5.74) is -1.09. The van der Waals surface area contributed by atoms with Crippen LogP contribution in [0.5, 0.6) is 17.2 Å². The van der Waals surface area contributed by atoms with Crippen LogP contribution in [0.3, 0.4) is 0 Å². The summed E-state index contributed by atoms with van der Waals surface area (Å²) in [5.74, 6) is -4.69. The van der Waals surface area contributed by atoms with Crippen LogP contribution < -0.4 is 19.8 Å². The summed E-state index contributed by atoms with van der Waals surface area (Å²) < 4.78 is 50.2. The van der Waals surface area contributed by atoms with E-state index >= 15 is 0 Å². The number of hydrogen-bond donors (Lipinski definition) is 0. The topological polar surface area (TPSA) is 189 Å². The molecule has 0 N–H and O–H groups in total. The van der Waals surface area contributed by atoms with Crippen molar-refractivity contribution in [3.05, 3.63) is 28.6 Å². The summed E-state index contributed by atoms with van der Waals surface area (Å²) in [6.07, 6.45) is 2.74. The Kier molecular flexibility index (Phi) is 16.2. The van der Waals surface area contributed by atoms with Gasteiger partial charge in [0, 0.05) is 40.7 Å². The van der Waals surface area contributed by atoms with Crippen molar-refractivity contribution in [3.63, 3.8) is 0 Å². The first kappa shape index (κ1) is 40.8. The molecule has 0 radical (unpaired) electrons. The molecule has 2 aromatic rings. The SMILES string of the molecule is CCCCCCCCCCCOc1ccc2c(O[C@H]3O[C@H](COC(C)=O)[C@@H](OC(C)=O)[C@H](OC(C)=O)[C@@H]3OC(C)=O)c(OC(C)=O)c(=O)oc2c1. The maximum atomic E-state index is 13.2. The van der Waals surface area contributed by atoms with Gasteiger partial charge in [-0.15, -0.1) is 0 Å². The number of fused-ring (bicyclic) bond motifs is 1. The molecule has 2 heterocycles. The Hall–Kier alpha value is -4.66. The van der Waals surface area contributed by atoms with Gasteiger partial charge in [-0.2, -0.15) is 0 Å². The second-order valence-electron chi connectivity index (χ2n) is 12.2. The molecule has 0 saturated carbocycles. The molecule has 282 valence electrons. The van der Waals surface area contributed by atoms with Crippen molar-refractivity contribution >= 4 is 40.8 Å². The van der Waals surface area contributed by atoms with Crippen molar-refractivity contribution in [1.29, 1.82) is 0 Å². The van der Waals surface area contributed by atoms with Crippen molar-refractivity contribution in [2.24, 2.45) is 0 Å². The predicted molar refractivity (Wildman–Crippen MR) is 179 cm³/mol. The first-order chi connectivity index (χ1) is 24.3. The average molecular weight is 721 g/mol. The van der Waals surface area contributed by atoms with Gasteiger partial charge in [0.1, 0.15) is 24.0 Å². The predicted octanol–water partition coefficient (Wildman–Crippen LogP) is 5.09. The van der Waals surface area contributed by atoms with Gasteiger partial charge in [-0.25, -0.2) is 4.79 Å². The highest BCUT2D eigenvalue weighted by atomic mass is 16.7. The average Bonchev–Trinajstić information content (AvgIpc) is 3.04. The molecule has 15 nitrogen and oxygen atoms in total. The summed E-state index contributed by atoms with van der Waals surface area (Å²) in [7, 11) is 0. The molecule has 5 atom stereocenters. The molecule has 0 aliphatic carbocycles. The van der Waals surface area contributed by atoms with E-state index in [-0.39, 0.29) is 16.7 Å². The Balaban J connectivity index is 1.95. The van der Waals surface area contributed by atoms with E-state index in [0.29, 0.717) is 12.4 Å². The zero-order valence-electron chi connectivity index (χ0n) is 30.0. The van der Waals surface area contributed by atoms with Crippen molar-refractivity contribution in [2.45, 2.75) is 130 Å². The van der Waals surface area contributed by atoms with Gasteiger partial charge < -0.3 is 42.3 Å². The van der Waals surface area contributed by atoms with Crippen LogP contribution in [0.2, 0.25) is 0 Å². The van der Waals surface area contributed by atoms with Crippen molar-refractivity contribution in [2.75, 3.05) is 13.2 Å². The summed E-state index contributed by atoms with van der Waals surface area (Å²) in [6, 6.07) is 4.59. The molecule has 1 aromatic heterocycles. The minimum atomic E-state index is -1.72. The summed E-state index contributed by atoms with van der Waals surface area (Å²) in [4.78, 5) is 73.6. The lowest BCUT2D eigenvalue weighted by Crippen LogP contribution is -2.63. The van der Waals surface area contributed by atoms with Gasteiger partial charge in [-0.1, -0.05) is 58.3 Å². The van der Waals surface area contributed by atoms with Gasteiger partial charge in [-0.05, 0) is 18.6 Å². The second-order valence-corrected chi connectivity index (χ2v) is 12.2. The molecule has 0 bridgehead atoms. The van der Waals surface area contributed by atoms with Gasteiger partial charge in [0.25, 0.3) is 5.75 Å². The summed E-state index contributed by atoms with van der Waals surface area (Å²) in [5, 5.41) is 0.133. The lowest BCUT2D eigenvalue weighted by atomic mass is 9.98. The van der Waals surface area contributed by atoms with Crippen LogP contribution in [0.4, 0.5) is 0 Å². The molecule has 1 aromatic carbocycles. The van der Waals surface area contributed by atoms with Gasteiger partial charge in [0.15, 0.2) is 18.0 Å². The number of ether oxygens (including phenoxy) is 8. The van der Waals surface area contributed by atoms with E-state index in [4.69, 9.17) is 42.3 Å². The maximum absolute atomic E-state index is 13.2. The van der Waals surface area contributed by atoms with E-state index in [0.717, 1.165) is 53.9 Å². The molecule has 0 unspecified atom stereocenters. The van der Waals surface area contributed by atoms with E-state index in [1.807, 2.05) is 0 Å². The maximum Gasteiger partial charge on any atom is 0.383 e. The smallest absolute Gasteiger partial charge is 0.383 e. The van der Waals surface area contributed by atoms with Crippen LogP contribution in [-0.4, -0.2) is 73.8 Å². The highest BCUT2D eigenvalue weighted by molar-refractivity contribution is 5.87. The van der Waals surface area contributed by atoms with E-state index in [1.54, 1.807) is 6.07 Å². The van der Waals surface area contributed by atoms with E-state index < -0.39 is 78.5 Å². The Morgan fingerprint density at radius 1 is 0.686 bits per heavy atom. The molecule has 15 heteroatoms. The van der Waals surface area contributed by atoms with Gasteiger partial charge in [-0.3, -0.25) is 24.0 Å². The van der Waals surface area contributed by atoms with Crippen molar-refractivity contribution < 1.29 is 66.3 Å². The second kappa shape index (κ2) is 20.3. The molecule has 1 saturated heterocycles. The third-order valence-electron chi connectivity index (χ3n) is 7.74. The van der Waals surface area contributed by atoms with E-state index in [9.17, 15) is 28.8 Å². The fourth-order valence-electron chi connectivity index (χ4n) is 5.58. The molecule has 3 rings (SSSR count). The lowest BCUT2D eigenvalue weighted by molar-refractivity contribution is -0.288. The molecule has 0 amide bonds. The van der Waals surface area contributed by atoms with Crippen LogP contribution in [0.15, 0.2) is 27.4 Å². The van der Waals surface area contributed by atoms with Crippen LogP contribution in [0, 0.1) is 0 Å². The number of esters is 5. The first-order valence-electron chi connectivity index (χ1n) is 17.2. The number of hydrogen-bond acceptors (Lipinski definition) is 15. The zero-order valence-corrected chi connectivity index (χ0v) is 30.0. The fourth-order valence-corrected chi connectivity index (χ4v) is 5.58. The van der Waals surface area contributed by atoms with Crippen molar-refractivity contribution in [1.82, 2.24) is 0 Å². The quantitative estimate of drug-likeness (QED) is 0.0807. The minimum absolute atomic E-state index is 0.00103.